The van der Waals surface area contributed by atoms with Crippen LogP contribution in [-0.4, -0.2) is 32.1 Å². The lowest BCUT2D eigenvalue weighted by molar-refractivity contribution is -0.127. The molecule has 0 aliphatic heterocycles. The molecule has 25 heavy (non-hydrogen) atoms. The Labute approximate surface area is 150 Å². The van der Waals surface area contributed by atoms with Crippen LogP contribution in [0.2, 0.25) is 0 Å². The first kappa shape index (κ1) is 18.8. The largest absolute Gasteiger partial charge is 0.481 e. The van der Waals surface area contributed by atoms with Gasteiger partial charge in [0.05, 0.1) is 0 Å². The van der Waals surface area contributed by atoms with E-state index in [-0.39, 0.29) is 5.91 Å². The quantitative estimate of drug-likeness (QED) is 0.794. The van der Waals surface area contributed by atoms with Crippen LogP contribution < -0.4 is 15.0 Å². The standard InChI is InChI=1S/C21H28N2O2/c1-16(2)19-12-8-9-13-20(19)25-17(3)21(24)22-14-15-23(4)18-10-6-5-7-11-18/h5-13,16-17H,14-15H2,1-4H3,(H,22,24). The van der Waals surface area contributed by atoms with Gasteiger partial charge in [-0.3, -0.25) is 4.79 Å². The van der Waals surface area contributed by atoms with E-state index >= 15 is 0 Å². The van der Waals surface area contributed by atoms with Crippen LogP contribution in [-0.2, 0) is 4.79 Å². The normalized spacial score (nSPS) is 11.9. The Hall–Kier alpha value is -2.49. The van der Waals surface area contributed by atoms with Crippen LogP contribution in [0, 0.1) is 0 Å². The van der Waals surface area contributed by atoms with E-state index < -0.39 is 6.10 Å². The van der Waals surface area contributed by atoms with Crippen molar-refractivity contribution >= 4 is 11.6 Å². The molecule has 2 rings (SSSR count). The van der Waals surface area contributed by atoms with E-state index in [2.05, 4.69) is 36.2 Å². The Morgan fingerprint density at radius 1 is 1.04 bits per heavy atom. The molecule has 2 aromatic rings. The molecular weight excluding hydrogens is 312 g/mol. The third kappa shape index (κ3) is 5.52. The van der Waals surface area contributed by atoms with Crippen molar-refractivity contribution in [1.29, 1.82) is 0 Å². The van der Waals surface area contributed by atoms with Gasteiger partial charge in [-0.15, -0.1) is 0 Å². The van der Waals surface area contributed by atoms with E-state index in [1.54, 1.807) is 6.92 Å². The van der Waals surface area contributed by atoms with Crippen molar-refractivity contribution in [3.05, 3.63) is 60.2 Å². The van der Waals surface area contributed by atoms with Crippen LogP contribution in [0.25, 0.3) is 0 Å². The molecule has 1 atom stereocenters. The zero-order valence-electron chi connectivity index (χ0n) is 15.5. The number of anilines is 1. The van der Waals surface area contributed by atoms with Crippen LogP contribution >= 0.6 is 0 Å². The highest BCUT2D eigenvalue weighted by Gasteiger charge is 2.16. The van der Waals surface area contributed by atoms with Crippen molar-refractivity contribution < 1.29 is 9.53 Å². The maximum Gasteiger partial charge on any atom is 0.260 e. The van der Waals surface area contributed by atoms with Crippen molar-refractivity contribution in [1.82, 2.24) is 5.32 Å². The predicted molar refractivity (Wildman–Crippen MR) is 103 cm³/mol. The van der Waals surface area contributed by atoms with E-state index in [1.807, 2.05) is 49.5 Å². The Morgan fingerprint density at radius 3 is 2.36 bits per heavy atom. The molecule has 0 saturated carbocycles. The maximum absolute atomic E-state index is 12.3. The lowest BCUT2D eigenvalue weighted by Gasteiger charge is -2.21. The molecule has 0 spiro atoms. The summed E-state index contributed by atoms with van der Waals surface area (Å²) in [7, 11) is 2.01. The summed E-state index contributed by atoms with van der Waals surface area (Å²) in [6.07, 6.45) is -0.526. The van der Waals surface area contributed by atoms with Gasteiger partial charge in [0.25, 0.3) is 5.91 Å². The molecule has 0 heterocycles. The highest BCUT2D eigenvalue weighted by molar-refractivity contribution is 5.80. The summed E-state index contributed by atoms with van der Waals surface area (Å²) < 4.78 is 5.89. The monoisotopic (exact) mass is 340 g/mol. The van der Waals surface area contributed by atoms with Gasteiger partial charge in [0.2, 0.25) is 0 Å². The highest BCUT2D eigenvalue weighted by atomic mass is 16.5. The van der Waals surface area contributed by atoms with Gasteiger partial charge in [-0.05, 0) is 36.6 Å². The first-order valence-electron chi connectivity index (χ1n) is 8.78. The molecular formula is C21H28N2O2. The van der Waals surface area contributed by atoms with Crippen molar-refractivity contribution in [2.75, 3.05) is 25.0 Å². The fraction of sp³-hybridized carbons (Fsp3) is 0.381. The summed E-state index contributed by atoms with van der Waals surface area (Å²) in [5, 5.41) is 2.95. The van der Waals surface area contributed by atoms with E-state index in [0.29, 0.717) is 12.5 Å². The smallest absolute Gasteiger partial charge is 0.260 e. The number of likely N-dealkylation sites (N-methyl/N-ethyl adjacent to an activating group) is 1. The second-order valence-electron chi connectivity index (χ2n) is 6.50. The molecule has 0 aromatic heterocycles. The fourth-order valence-electron chi connectivity index (χ4n) is 2.61. The summed E-state index contributed by atoms with van der Waals surface area (Å²) in [6, 6.07) is 18.0. The van der Waals surface area contributed by atoms with Crippen molar-refractivity contribution in [3.8, 4) is 5.75 Å². The topological polar surface area (TPSA) is 41.6 Å². The van der Waals surface area contributed by atoms with Gasteiger partial charge < -0.3 is 15.0 Å². The molecule has 0 saturated heterocycles. The van der Waals surface area contributed by atoms with Gasteiger partial charge in [0.15, 0.2) is 6.10 Å². The Bertz CT molecular complexity index is 671. The first-order valence-corrected chi connectivity index (χ1v) is 8.78. The number of para-hydroxylation sites is 2. The van der Waals surface area contributed by atoms with Gasteiger partial charge in [-0.2, -0.15) is 0 Å². The zero-order valence-corrected chi connectivity index (χ0v) is 15.5. The minimum absolute atomic E-state index is 0.0972. The van der Waals surface area contributed by atoms with Crippen LogP contribution in [0.3, 0.4) is 0 Å². The van der Waals surface area contributed by atoms with Gasteiger partial charge >= 0.3 is 0 Å². The summed E-state index contributed by atoms with van der Waals surface area (Å²) in [4.78, 5) is 14.4. The molecule has 0 radical (unpaired) electrons. The Balaban J connectivity index is 1.83. The number of carbonyl (C=O) groups is 1. The lowest BCUT2D eigenvalue weighted by atomic mass is 10.0. The second kappa shape index (κ2) is 9.11. The molecule has 1 amide bonds. The van der Waals surface area contributed by atoms with Crippen molar-refractivity contribution in [2.45, 2.75) is 32.8 Å². The van der Waals surface area contributed by atoms with Crippen LogP contribution in [0.4, 0.5) is 5.69 Å². The SMILES string of the molecule is CC(Oc1ccccc1C(C)C)C(=O)NCCN(C)c1ccccc1. The molecule has 0 bridgehead atoms. The molecule has 4 heteroatoms. The number of nitrogens with zero attached hydrogens (tertiary/aromatic N) is 1. The molecule has 2 aromatic carbocycles. The first-order chi connectivity index (χ1) is 12.0. The molecule has 4 nitrogen and oxygen atoms in total. The number of hydrogen-bond donors (Lipinski definition) is 1. The Morgan fingerprint density at radius 2 is 1.68 bits per heavy atom. The van der Waals surface area contributed by atoms with E-state index in [9.17, 15) is 4.79 Å². The molecule has 1 unspecified atom stereocenters. The van der Waals surface area contributed by atoms with Crippen molar-refractivity contribution in [3.63, 3.8) is 0 Å². The summed E-state index contributed by atoms with van der Waals surface area (Å²) in [5.74, 6) is 1.03. The van der Waals surface area contributed by atoms with E-state index in [0.717, 1.165) is 23.5 Å². The molecule has 1 N–H and O–H groups in total. The maximum atomic E-state index is 12.3. The zero-order chi connectivity index (χ0) is 18.2. The van der Waals surface area contributed by atoms with Crippen LogP contribution in [0.15, 0.2) is 54.6 Å². The highest BCUT2D eigenvalue weighted by Crippen LogP contribution is 2.26. The Kier molecular flexibility index (Phi) is 6.87. The summed E-state index contributed by atoms with van der Waals surface area (Å²) >= 11 is 0. The molecule has 0 aliphatic carbocycles. The van der Waals surface area contributed by atoms with E-state index in [4.69, 9.17) is 4.74 Å². The number of ether oxygens (including phenoxy) is 1. The second-order valence-corrected chi connectivity index (χ2v) is 6.50. The van der Waals surface area contributed by atoms with Gasteiger partial charge in [0, 0.05) is 25.8 Å². The number of rotatable bonds is 8. The third-order valence-corrected chi connectivity index (χ3v) is 4.16. The van der Waals surface area contributed by atoms with Crippen LogP contribution in [0.1, 0.15) is 32.3 Å². The summed E-state index contributed by atoms with van der Waals surface area (Å²) in [6.45, 7) is 7.33. The number of carbonyl (C=O) groups excluding carboxylic acids is 1. The van der Waals surface area contributed by atoms with Gasteiger partial charge in [0.1, 0.15) is 5.75 Å². The van der Waals surface area contributed by atoms with Gasteiger partial charge in [-0.25, -0.2) is 0 Å². The molecule has 134 valence electrons. The number of nitrogens with one attached hydrogen (secondary N) is 1. The minimum atomic E-state index is -0.526. The van der Waals surface area contributed by atoms with Crippen LogP contribution in [0.5, 0.6) is 5.75 Å². The number of hydrogen-bond acceptors (Lipinski definition) is 3. The number of amides is 1. The van der Waals surface area contributed by atoms with Gasteiger partial charge in [-0.1, -0.05) is 50.2 Å². The predicted octanol–water partition coefficient (Wildman–Crippen LogP) is 3.83. The third-order valence-electron chi connectivity index (χ3n) is 4.16. The van der Waals surface area contributed by atoms with Crippen molar-refractivity contribution in [2.24, 2.45) is 0 Å². The fourth-order valence-corrected chi connectivity index (χ4v) is 2.61. The lowest BCUT2D eigenvalue weighted by Crippen LogP contribution is -2.40. The molecule has 0 aliphatic rings. The average molecular weight is 340 g/mol. The van der Waals surface area contributed by atoms with E-state index in [1.165, 1.54) is 0 Å². The molecule has 0 fully saturated rings. The number of benzene rings is 2. The average Bonchev–Trinajstić information content (AvgIpc) is 2.62. The summed E-state index contributed by atoms with van der Waals surface area (Å²) in [5.41, 5.74) is 2.25. The minimum Gasteiger partial charge on any atom is -0.481 e.